The van der Waals surface area contributed by atoms with Gasteiger partial charge < -0.3 is 10.4 Å². The second-order valence-electron chi connectivity index (χ2n) is 5.04. The molecular formula is C12H19NO3. The lowest BCUT2D eigenvalue weighted by molar-refractivity contribution is -0.143. The molecule has 2 aliphatic carbocycles. The van der Waals surface area contributed by atoms with Crippen LogP contribution in [0, 0.1) is 11.8 Å². The molecule has 16 heavy (non-hydrogen) atoms. The fourth-order valence-electron chi connectivity index (χ4n) is 2.53. The molecule has 0 heterocycles. The van der Waals surface area contributed by atoms with E-state index >= 15 is 0 Å². The van der Waals surface area contributed by atoms with Crippen molar-refractivity contribution >= 4 is 11.9 Å². The van der Waals surface area contributed by atoms with Crippen LogP contribution in [0.15, 0.2) is 0 Å². The van der Waals surface area contributed by atoms with Gasteiger partial charge in [0.1, 0.15) is 0 Å². The molecule has 0 aliphatic heterocycles. The van der Waals surface area contributed by atoms with E-state index in [0.717, 1.165) is 38.5 Å². The zero-order chi connectivity index (χ0) is 11.5. The first kappa shape index (κ1) is 11.4. The molecule has 4 heteroatoms. The first-order valence-corrected chi connectivity index (χ1v) is 6.20. The van der Waals surface area contributed by atoms with Crippen molar-refractivity contribution in [1.29, 1.82) is 0 Å². The Labute approximate surface area is 95.4 Å². The van der Waals surface area contributed by atoms with Gasteiger partial charge in [0.25, 0.3) is 0 Å². The van der Waals surface area contributed by atoms with Crippen molar-refractivity contribution in [2.75, 3.05) is 0 Å². The molecule has 2 atom stereocenters. The van der Waals surface area contributed by atoms with Crippen LogP contribution in [0.25, 0.3) is 0 Å². The number of carbonyl (C=O) groups excluding carboxylic acids is 1. The molecule has 4 nitrogen and oxygen atoms in total. The van der Waals surface area contributed by atoms with Crippen LogP contribution in [0.4, 0.5) is 0 Å². The van der Waals surface area contributed by atoms with Gasteiger partial charge in [0.05, 0.1) is 5.92 Å². The van der Waals surface area contributed by atoms with Gasteiger partial charge in [-0.25, -0.2) is 0 Å². The molecule has 0 aromatic carbocycles. The smallest absolute Gasteiger partial charge is 0.306 e. The molecule has 0 spiro atoms. The number of nitrogens with one attached hydrogen (secondary N) is 1. The van der Waals surface area contributed by atoms with Crippen molar-refractivity contribution in [3.63, 3.8) is 0 Å². The summed E-state index contributed by atoms with van der Waals surface area (Å²) >= 11 is 0. The summed E-state index contributed by atoms with van der Waals surface area (Å²) in [4.78, 5) is 22.6. The quantitative estimate of drug-likeness (QED) is 0.765. The average Bonchev–Trinajstić information content (AvgIpc) is 2.15. The van der Waals surface area contributed by atoms with E-state index in [2.05, 4.69) is 5.32 Å². The fourth-order valence-corrected chi connectivity index (χ4v) is 2.53. The predicted octanol–water partition coefficient (Wildman–Crippen LogP) is 1.55. The van der Waals surface area contributed by atoms with Crippen molar-refractivity contribution in [2.24, 2.45) is 11.8 Å². The highest BCUT2D eigenvalue weighted by atomic mass is 16.4. The lowest BCUT2D eigenvalue weighted by Gasteiger charge is -2.31. The molecule has 2 fully saturated rings. The monoisotopic (exact) mass is 225 g/mol. The zero-order valence-corrected chi connectivity index (χ0v) is 9.45. The molecule has 0 aromatic heterocycles. The Kier molecular flexibility index (Phi) is 3.46. The van der Waals surface area contributed by atoms with Crippen LogP contribution in [-0.4, -0.2) is 23.0 Å². The van der Waals surface area contributed by atoms with Crippen molar-refractivity contribution in [3.05, 3.63) is 0 Å². The minimum Gasteiger partial charge on any atom is -0.481 e. The van der Waals surface area contributed by atoms with E-state index < -0.39 is 5.97 Å². The van der Waals surface area contributed by atoms with Crippen LogP contribution < -0.4 is 5.32 Å². The highest BCUT2D eigenvalue weighted by molar-refractivity contribution is 5.79. The molecule has 2 aliphatic rings. The Morgan fingerprint density at radius 2 is 1.62 bits per heavy atom. The number of carbonyl (C=O) groups is 2. The van der Waals surface area contributed by atoms with Crippen LogP contribution in [0.1, 0.15) is 44.9 Å². The first-order valence-electron chi connectivity index (χ1n) is 6.20. The molecule has 2 rings (SSSR count). The Morgan fingerprint density at radius 1 is 1.00 bits per heavy atom. The van der Waals surface area contributed by atoms with Gasteiger partial charge in [-0.1, -0.05) is 12.8 Å². The summed E-state index contributed by atoms with van der Waals surface area (Å²) in [5.74, 6) is -0.643. The third-order valence-corrected chi connectivity index (χ3v) is 3.85. The third kappa shape index (κ3) is 2.54. The summed E-state index contributed by atoms with van der Waals surface area (Å²) in [5, 5.41) is 11.9. The number of amides is 1. The van der Waals surface area contributed by atoms with Crippen LogP contribution in [0.2, 0.25) is 0 Å². The molecular weight excluding hydrogens is 206 g/mol. The second kappa shape index (κ2) is 4.85. The summed E-state index contributed by atoms with van der Waals surface area (Å²) in [6, 6.07) is 0.0861. The van der Waals surface area contributed by atoms with Gasteiger partial charge in [-0.05, 0) is 32.1 Å². The Bertz CT molecular complexity index is 286. The summed E-state index contributed by atoms with van der Waals surface area (Å²) in [6.07, 6.45) is 6.36. The highest BCUT2D eigenvalue weighted by Crippen LogP contribution is 2.28. The predicted molar refractivity (Wildman–Crippen MR) is 58.9 cm³/mol. The van der Waals surface area contributed by atoms with Gasteiger partial charge in [0.15, 0.2) is 0 Å². The third-order valence-electron chi connectivity index (χ3n) is 3.85. The minimum atomic E-state index is -0.720. The van der Waals surface area contributed by atoms with E-state index in [-0.39, 0.29) is 23.8 Å². The summed E-state index contributed by atoms with van der Waals surface area (Å²) in [6.45, 7) is 0. The number of rotatable bonds is 3. The van der Waals surface area contributed by atoms with E-state index in [4.69, 9.17) is 5.11 Å². The summed E-state index contributed by atoms with van der Waals surface area (Å²) in [5.41, 5.74) is 0. The minimum absolute atomic E-state index is 0.0861. The molecule has 0 aromatic rings. The molecule has 0 radical (unpaired) electrons. The van der Waals surface area contributed by atoms with Gasteiger partial charge in [-0.2, -0.15) is 0 Å². The molecule has 90 valence electrons. The van der Waals surface area contributed by atoms with E-state index in [1.54, 1.807) is 0 Å². The van der Waals surface area contributed by atoms with Gasteiger partial charge in [-0.15, -0.1) is 0 Å². The number of carboxylic acid groups (broad SMARTS) is 1. The normalized spacial score (nSPS) is 30.5. The Morgan fingerprint density at radius 3 is 2.19 bits per heavy atom. The number of hydrogen-bond donors (Lipinski definition) is 2. The maximum absolute atomic E-state index is 11.7. The first-order chi connectivity index (χ1) is 7.66. The van der Waals surface area contributed by atoms with Crippen molar-refractivity contribution in [2.45, 2.75) is 51.0 Å². The van der Waals surface area contributed by atoms with E-state index in [9.17, 15) is 9.59 Å². The van der Waals surface area contributed by atoms with Crippen LogP contribution in [0.3, 0.4) is 0 Å². The topological polar surface area (TPSA) is 66.4 Å². The summed E-state index contributed by atoms with van der Waals surface area (Å²) < 4.78 is 0. The lowest BCUT2D eigenvalue weighted by atomic mass is 9.82. The fraction of sp³-hybridized carbons (Fsp3) is 0.833. The van der Waals surface area contributed by atoms with Crippen molar-refractivity contribution in [1.82, 2.24) is 5.32 Å². The molecule has 0 bridgehead atoms. The standard InChI is InChI=1S/C12H19NO3/c14-11(8-3-1-4-8)13-10-6-2-5-9(7-10)12(15)16/h8-10H,1-7H2,(H,13,14)(H,15,16). The molecule has 0 saturated heterocycles. The van der Waals surface area contributed by atoms with Crippen molar-refractivity contribution in [3.8, 4) is 0 Å². The molecule has 1 amide bonds. The van der Waals surface area contributed by atoms with Crippen LogP contribution in [-0.2, 0) is 9.59 Å². The Balaban J connectivity index is 1.80. The average molecular weight is 225 g/mol. The van der Waals surface area contributed by atoms with E-state index in [1.165, 1.54) is 0 Å². The van der Waals surface area contributed by atoms with Crippen LogP contribution in [0.5, 0.6) is 0 Å². The maximum atomic E-state index is 11.7. The zero-order valence-electron chi connectivity index (χ0n) is 9.45. The van der Waals surface area contributed by atoms with Crippen molar-refractivity contribution < 1.29 is 14.7 Å². The van der Waals surface area contributed by atoms with E-state index in [0.29, 0.717) is 6.42 Å². The van der Waals surface area contributed by atoms with Crippen LogP contribution >= 0.6 is 0 Å². The van der Waals surface area contributed by atoms with Gasteiger partial charge in [0.2, 0.25) is 5.91 Å². The SMILES string of the molecule is O=C(O)C1CCCC(NC(=O)C2CCC2)C1. The Hall–Kier alpha value is -1.06. The number of carboxylic acids is 1. The number of hydrogen-bond acceptors (Lipinski definition) is 2. The highest BCUT2D eigenvalue weighted by Gasteiger charge is 2.31. The number of aliphatic carboxylic acids is 1. The molecule has 2 unspecified atom stereocenters. The van der Waals surface area contributed by atoms with Gasteiger partial charge in [-0.3, -0.25) is 9.59 Å². The maximum Gasteiger partial charge on any atom is 0.306 e. The van der Waals surface area contributed by atoms with Gasteiger partial charge in [0, 0.05) is 12.0 Å². The molecule has 2 N–H and O–H groups in total. The van der Waals surface area contributed by atoms with E-state index in [1.807, 2.05) is 0 Å². The van der Waals surface area contributed by atoms with Gasteiger partial charge >= 0.3 is 5.97 Å². The lowest BCUT2D eigenvalue weighted by Crippen LogP contribution is -2.44. The summed E-state index contributed by atoms with van der Waals surface area (Å²) in [7, 11) is 0. The second-order valence-corrected chi connectivity index (χ2v) is 5.04. The molecule has 2 saturated carbocycles. The largest absolute Gasteiger partial charge is 0.481 e.